The second-order valence-corrected chi connectivity index (χ2v) is 5.86. The first-order valence-corrected chi connectivity index (χ1v) is 7.41. The van der Waals surface area contributed by atoms with Gasteiger partial charge in [0, 0.05) is 12.1 Å². The molecule has 1 heterocycles. The number of carbonyl (C=O) groups is 2. The lowest BCUT2D eigenvalue weighted by Gasteiger charge is -2.31. The molecule has 2 rings (SSSR count). The van der Waals surface area contributed by atoms with E-state index in [2.05, 4.69) is 10.6 Å². The minimum atomic E-state index is -0.456. The van der Waals surface area contributed by atoms with E-state index in [1.807, 2.05) is 26.0 Å². The lowest BCUT2D eigenvalue weighted by molar-refractivity contribution is -0.138. The van der Waals surface area contributed by atoms with E-state index in [4.69, 9.17) is 4.74 Å². The molecule has 1 saturated heterocycles. The van der Waals surface area contributed by atoms with Crippen LogP contribution in [0.3, 0.4) is 0 Å². The summed E-state index contributed by atoms with van der Waals surface area (Å²) in [6, 6.07) is 6.79. The highest BCUT2D eigenvalue weighted by atomic mass is 16.5. The van der Waals surface area contributed by atoms with Gasteiger partial charge in [0.2, 0.25) is 11.8 Å². The van der Waals surface area contributed by atoms with E-state index >= 15 is 0 Å². The van der Waals surface area contributed by atoms with Crippen LogP contribution in [0.15, 0.2) is 24.3 Å². The highest BCUT2D eigenvalue weighted by molar-refractivity contribution is 5.90. The van der Waals surface area contributed by atoms with E-state index in [0.717, 1.165) is 11.3 Å². The Balaban J connectivity index is 2.02. The highest BCUT2D eigenvalue weighted by Crippen LogP contribution is 2.25. The van der Waals surface area contributed by atoms with Gasteiger partial charge in [0.1, 0.15) is 12.7 Å². The van der Waals surface area contributed by atoms with Crippen molar-refractivity contribution < 1.29 is 19.4 Å². The monoisotopic (exact) mass is 306 g/mol. The SMILES string of the molecule is CC(C)CC(=O)Nc1ccc([C@H]2OCC(=O)N[C@@H]2CO)cc1. The number of rotatable bonds is 5. The third kappa shape index (κ3) is 4.29. The Hall–Kier alpha value is -1.92. The summed E-state index contributed by atoms with van der Waals surface area (Å²) >= 11 is 0. The maximum absolute atomic E-state index is 11.7. The van der Waals surface area contributed by atoms with Gasteiger partial charge in [-0.1, -0.05) is 26.0 Å². The molecule has 6 nitrogen and oxygen atoms in total. The average Bonchev–Trinajstić information content (AvgIpc) is 2.47. The molecular weight excluding hydrogens is 284 g/mol. The Kier molecular flexibility index (Phi) is 5.51. The number of carbonyl (C=O) groups excluding carboxylic acids is 2. The second kappa shape index (κ2) is 7.38. The predicted octanol–water partition coefficient (Wildman–Crippen LogP) is 1.22. The summed E-state index contributed by atoms with van der Waals surface area (Å²) < 4.78 is 5.49. The lowest BCUT2D eigenvalue weighted by atomic mass is 10.0. The van der Waals surface area contributed by atoms with E-state index < -0.39 is 6.04 Å². The van der Waals surface area contributed by atoms with E-state index in [0.29, 0.717) is 12.3 Å². The highest BCUT2D eigenvalue weighted by Gasteiger charge is 2.30. The summed E-state index contributed by atoms with van der Waals surface area (Å²) in [6.45, 7) is 3.77. The zero-order chi connectivity index (χ0) is 16.1. The molecule has 120 valence electrons. The van der Waals surface area contributed by atoms with E-state index in [1.54, 1.807) is 12.1 Å². The molecule has 2 amide bonds. The fourth-order valence-corrected chi connectivity index (χ4v) is 2.41. The number of aliphatic hydroxyl groups excluding tert-OH is 1. The van der Waals surface area contributed by atoms with Crippen LogP contribution in [0, 0.1) is 5.92 Å². The van der Waals surface area contributed by atoms with Crippen molar-refractivity contribution in [1.82, 2.24) is 5.32 Å². The van der Waals surface area contributed by atoms with Gasteiger partial charge in [0.05, 0.1) is 12.6 Å². The van der Waals surface area contributed by atoms with Gasteiger partial charge in [-0.2, -0.15) is 0 Å². The summed E-state index contributed by atoms with van der Waals surface area (Å²) in [5.74, 6) is 0.0638. The summed E-state index contributed by atoms with van der Waals surface area (Å²) in [5, 5.41) is 14.9. The van der Waals surface area contributed by atoms with Gasteiger partial charge in [-0.25, -0.2) is 0 Å². The van der Waals surface area contributed by atoms with Crippen LogP contribution < -0.4 is 10.6 Å². The smallest absolute Gasteiger partial charge is 0.246 e. The third-order valence-electron chi connectivity index (χ3n) is 3.42. The van der Waals surface area contributed by atoms with Crippen molar-refractivity contribution in [3.05, 3.63) is 29.8 Å². The van der Waals surface area contributed by atoms with Gasteiger partial charge < -0.3 is 20.5 Å². The minimum Gasteiger partial charge on any atom is -0.394 e. The van der Waals surface area contributed by atoms with Gasteiger partial charge in [-0.15, -0.1) is 0 Å². The quantitative estimate of drug-likeness (QED) is 0.763. The zero-order valence-corrected chi connectivity index (χ0v) is 12.8. The van der Waals surface area contributed by atoms with Crippen molar-refractivity contribution in [3.63, 3.8) is 0 Å². The molecule has 1 aliphatic rings. The molecule has 0 unspecified atom stereocenters. The molecule has 6 heteroatoms. The molecule has 22 heavy (non-hydrogen) atoms. The Morgan fingerprint density at radius 1 is 1.41 bits per heavy atom. The van der Waals surface area contributed by atoms with Crippen molar-refractivity contribution in [2.75, 3.05) is 18.5 Å². The average molecular weight is 306 g/mol. The molecule has 0 radical (unpaired) electrons. The van der Waals surface area contributed by atoms with Crippen molar-refractivity contribution in [3.8, 4) is 0 Å². The fourth-order valence-electron chi connectivity index (χ4n) is 2.41. The summed E-state index contributed by atoms with van der Waals surface area (Å²) in [7, 11) is 0. The topological polar surface area (TPSA) is 87.7 Å². The van der Waals surface area contributed by atoms with E-state index in [-0.39, 0.29) is 31.1 Å². The van der Waals surface area contributed by atoms with Crippen molar-refractivity contribution in [1.29, 1.82) is 0 Å². The van der Waals surface area contributed by atoms with Crippen LogP contribution in [0.1, 0.15) is 31.9 Å². The van der Waals surface area contributed by atoms with Crippen molar-refractivity contribution >= 4 is 17.5 Å². The molecule has 0 spiro atoms. The summed E-state index contributed by atoms with van der Waals surface area (Å²) in [5.41, 5.74) is 1.57. The summed E-state index contributed by atoms with van der Waals surface area (Å²) in [4.78, 5) is 23.0. The summed E-state index contributed by atoms with van der Waals surface area (Å²) in [6.07, 6.45) is 0.0923. The van der Waals surface area contributed by atoms with Crippen LogP contribution in [0.25, 0.3) is 0 Å². The maximum Gasteiger partial charge on any atom is 0.246 e. The number of benzene rings is 1. The normalized spacial score (nSPS) is 21.5. The number of nitrogens with one attached hydrogen (secondary N) is 2. The molecule has 1 aliphatic heterocycles. The first-order chi connectivity index (χ1) is 10.5. The largest absolute Gasteiger partial charge is 0.394 e. The standard InChI is InChI=1S/C16H22N2O4/c1-10(2)7-14(20)17-12-5-3-11(4-6-12)16-13(8-19)18-15(21)9-22-16/h3-6,10,13,16,19H,7-9H2,1-2H3,(H,17,20)(H,18,21)/t13-,16-/m1/s1. The van der Waals surface area contributed by atoms with Crippen molar-refractivity contribution in [2.24, 2.45) is 5.92 Å². The zero-order valence-electron chi connectivity index (χ0n) is 12.8. The Bertz CT molecular complexity index is 527. The Morgan fingerprint density at radius 3 is 2.68 bits per heavy atom. The molecule has 1 fully saturated rings. The number of morpholine rings is 1. The van der Waals surface area contributed by atoms with Crippen LogP contribution in [-0.2, 0) is 14.3 Å². The Morgan fingerprint density at radius 2 is 2.09 bits per heavy atom. The predicted molar refractivity (Wildman–Crippen MR) is 82.2 cm³/mol. The number of aliphatic hydroxyl groups is 1. The van der Waals surface area contributed by atoms with Crippen molar-refractivity contribution in [2.45, 2.75) is 32.4 Å². The van der Waals surface area contributed by atoms with Crippen LogP contribution in [0.2, 0.25) is 0 Å². The number of hydrogen-bond acceptors (Lipinski definition) is 4. The van der Waals surface area contributed by atoms with Crippen LogP contribution in [0.4, 0.5) is 5.69 Å². The second-order valence-electron chi connectivity index (χ2n) is 5.86. The maximum atomic E-state index is 11.7. The molecule has 1 aromatic carbocycles. The van der Waals surface area contributed by atoms with E-state index in [9.17, 15) is 14.7 Å². The van der Waals surface area contributed by atoms with Gasteiger partial charge in [0.25, 0.3) is 0 Å². The molecule has 2 atom stereocenters. The lowest BCUT2D eigenvalue weighted by Crippen LogP contribution is -2.49. The Labute approximate surface area is 129 Å². The molecule has 1 aromatic rings. The van der Waals surface area contributed by atoms with Gasteiger partial charge >= 0.3 is 0 Å². The number of anilines is 1. The number of amides is 2. The molecule has 0 aromatic heterocycles. The van der Waals surface area contributed by atoms with Crippen LogP contribution in [-0.4, -0.2) is 36.2 Å². The molecule has 0 aliphatic carbocycles. The molecule has 0 saturated carbocycles. The van der Waals surface area contributed by atoms with Gasteiger partial charge in [-0.3, -0.25) is 9.59 Å². The van der Waals surface area contributed by atoms with Crippen LogP contribution in [0.5, 0.6) is 0 Å². The van der Waals surface area contributed by atoms with E-state index in [1.165, 1.54) is 0 Å². The van der Waals surface area contributed by atoms with Gasteiger partial charge in [-0.05, 0) is 23.6 Å². The van der Waals surface area contributed by atoms with Crippen LogP contribution >= 0.6 is 0 Å². The molecule has 3 N–H and O–H groups in total. The molecular formula is C16H22N2O4. The third-order valence-corrected chi connectivity index (χ3v) is 3.42. The first-order valence-electron chi connectivity index (χ1n) is 7.41. The van der Waals surface area contributed by atoms with Gasteiger partial charge in [0.15, 0.2) is 0 Å². The molecule has 0 bridgehead atoms. The first kappa shape index (κ1) is 16.5. The number of hydrogen-bond donors (Lipinski definition) is 3. The fraction of sp³-hybridized carbons (Fsp3) is 0.500. The number of ether oxygens (including phenoxy) is 1. The minimum absolute atomic E-state index is 0.0165.